The zero-order valence-electron chi connectivity index (χ0n) is 11.6. The molecule has 0 radical (unpaired) electrons. The Labute approximate surface area is 133 Å². The molecule has 0 aliphatic heterocycles. The normalized spacial score (nSPS) is 26.3. The summed E-state index contributed by atoms with van der Waals surface area (Å²) in [6.45, 7) is 2.61. The third-order valence-corrected chi connectivity index (χ3v) is 5.09. The van der Waals surface area contributed by atoms with E-state index in [9.17, 15) is 4.79 Å². The van der Waals surface area contributed by atoms with Gasteiger partial charge in [0.15, 0.2) is 0 Å². The highest BCUT2D eigenvalue weighted by atomic mass is 79.9. The van der Waals surface area contributed by atoms with Crippen LogP contribution in [-0.2, 0) is 4.79 Å². The van der Waals surface area contributed by atoms with E-state index in [4.69, 9.17) is 17.3 Å². The number of benzene rings is 1. The summed E-state index contributed by atoms with van der Waals surface area (Å²) in [4.78, 5) is 12.6. The number of anilines is 1. The van der Waals surface area contributed by atoms with Crippen LogP contribution in [0.25, 0.3) is 0 Å². The van der Waals surface area contributed by atoms with Gasteiger partial charge in [-0.2, -0.15) is 0 Å². The van der Waals surface area contributed by atoms with Crippen molar-refractivity contribution in [1.82, 2.24) is 0 Å². The van der Waals surface area contributed by atoms with Crippen LogP contribution in [0, 0.1) is 11.3 Å². The maximum Gasteiger partial charge on any atom is 0.231 e. The summed E-state index contributed by atoms with van der Waals surface area (Å²) in [5.41, 5.74) is 6.10. The third-order valence-electron chi connectivity index (χ3n) is 4.28. The molecular formula is C15H20BrClN2O. The van der Waals surface area contributed by atoms with Crippen molar-refractivity contribution < 1.29 is 4.79 Å². The van der Waals surface area contributed by atoms with Crippen LogP contribution >= 0.6 is 27.5 Å². The minimum Gasteiger partial charge on any atom is -0.329 e. The number of carbonyl (C=O) groups excluding carboxylic acids is 1. The van der Waals surface area contributed by atoms with E-state index in [0.29, 0.717) is 23.2 Å². The first-order valence-electron chi connectivity index (χ1n) is 6.93. The van der Waals surface area contributed by atoms with Gasteiger partial charge in [-0.3, -0.25) is 4.79 Å². The molecule has 0 saturated heterocycles. The number of hydrogen-bond donors (Lipinski definition) is 2. The fraction of sp³-hybridized carbons (Fsp3) is 0.533. The molecule has 0 heterocycles. The molecule has 1 aromatic rings. The molecule has 1 aromatic carbocycles. The van der Waals surface area contributed by atoms with Crippen molar-refractivity contribution in [1.29, 1.82) is 0 Å². The first-order valence-corrected chi connectivity index (χ1v) is 8.10. The van der Waals surface area contributed by atoms with Crippen LogP contribution in [0.1, 0.15) is 32.6 Å². The summed E-state index contributed by atoms with van der Waals surface area (Å²) in [6.07, 6.45) is 3.81. The van der Waals surface area contributed by atoms with Crippen LogP contribution < -0.4 is 11.1 Å². The molecule has 2 rings (SSSR count). The molecule has 0 spiro atoms. The van der Waals surface area contributed by atoms with E-state index >= 15 is 0 Å². The van der Waals surface area contributed by atoms with Gasteiger partial charge >= 0.3 is 0 Å². The van der Waals surface area contributed by atoms with Crippen LogP contribution in [0.2, 0.25) is 5.02 Å². The van der Waals surface area contributed by atoms with Gasteiger partial charge in [-0.05, 0) is 49.8 Å². The Kier molecular flexibility index (Phi) is 5.10. The van der Waals surface area contributed by atoms with Crippen LogP contribution in [0.5, 0.6) is 0 Å². The summed E-state index contributed by atoms with van der Waals surface area (Å²) in [7, 11) is 0. The fourth-order valence-corrected chi connectivity index (χ4v) is 3.41. The molecule has 1 saturated carbocycles. The minimum atomic E-state index is -0.442. The van der Waals surface area contributed by atoms with Crippen molar-refractivity contribution in [3.63, 3.8) is 0 Å². The Balaban J connectivity index is 2.13. The molecular weight excluding hydrogens is 340 g/mol. The SMILES string of the molecule is CC1CCC(CN)(C(=O)Nc2ccc(Br)cc2Cl)CC1. The van der Waals surface area contributed by atoms with Gasteiger partial charge in [0.2, 0.25) is 5.91 Å². The van der Waals surface area contributed by atoms with Gasteiger partial charge in [0, 0.05) is 11.0 Å². The fourth-order valence-electron chi connectivity index (χ4n) is 2.68. The Morgan fingerprint density at radius 1 is 1.50 bits per heavy atom. The zero-order chi connectivity index (χ0) is 14.8. The second-order valence-electron chi connectivity index (χ2n) is 5.75. The Morgan fingerprint density at radius 3 is 2.70 bits per heavy atom. The second-order valence-corrected chi connectivity index (χ2v) is 7.07. The summed E-state index contributed by atoms with van der Waals surface area (Å²) in [5.74, 6) is 0.676. The van der Waals surface area contributed by atoms with E-state index in [2.05, 4.69) is 28.2 Å². The molecule has 5 heteroatoms. The summed E-state index contributed by atoms with van der Waals surface area (Å²) >= 11 is 9.50. The molecule has 0 bridgehead atoms. The topological polar surface area (TPSA) is 55.1 Å². The molecule has 1 fully saturated rings. The lowest BCUT2D eigenvalue weighted by Gasteiger charge is -2.37. The zero-order valence-corrected chi connectivity index (χ0v) is 13.9. The van der Waals surface area contributed by atoms with Crippen molar-refractivity contribution in [2.75, 3.05) is 11.9 Å². The molecule has 1 amide bonds. The van der Waals surface area contributed by atoms with E-state index in [-0.39, 0.29) is 5.91 Å². The Hall–Kier alpha value is -0.580. The molecule has 0 atom stereocenters. The predicted octanol–water partition coefficient (Wildman–Crippen LogP) is 4.20. The molecule has 1 aliphatic carbocycles. The monoisotopic (exact) mass is 358 g/mol. The van der Waals surface area contributed by atoms with Crippen LogP contribution in [0.3, 0.4) is 0 Å². The maximum absolute atomic E-state index is 12.6. The number of nitrogens with two attached hydrogens (primary N) is 1. The number of carbonyl (C=O) groups is 1. The van der Waals surface area contributed by atoms with Crippen molar-refractivity contribution in [2.45, 2.75) is 32.6 Å². The van der Waals surface area contributed by atoms with Gasteiger partial charge in [0.05, 0.1) is 16.1 Å². The van der Waals surface area contributed by atoms with E-state index in [1.54, 1.807) is 12.1 Å². The molecule has 0 aromatic heterocycles. The van der Waals surface area contributed by atoms with Crippen LogP contribution in [-0.4, -0.2) is 12.5 Å². The van der Waals surface area contributed by atoms with E-state index in [0.717, 1.165) is 30.2 Å². The van der Waals surface area contributed by atoms with Gasteiger partial charge in [-0.15, -0.1) is 0 Å². The number of amides is 1. The standard InChI is InChI=1S/C15H20BrClN2O/c1-10-4-6-15(9-18,7-5-10)14(20)19-13-3-2-11(16)8-12(13)17/h2-3,8,10H,4-7,9,18H2,1H3,(H,19,20). The smallest absolute Gasteiger partial charge is 0.231 e. The molecule has 3 N–H and O–H groups in total. The minimum absolute atomic E-state index is 0.00359. The first kappa shape index (κ1) is 15.8. The van der Waals surface area contributed by atoms with Crippen molar-refractivity contribution in [2.24, 2.45) is 17.1 Å². The molecule has 1 aliphatic rings. The first-order chi connectivity index (χ1) is 9.47. The van der Waals surface area contributed by atoms with Gasteiger partial charge in [0.25, 0.3) is 0 Å². The summed E-state index contributed by atoms with van der Waals surface area (Å²) in [5, 5.41) is 3.47. The Bertz CT molecular complexity index is 499. The number of rotatable bonds is 3. The van der Waals surface area contributed by atoms with E-state index in [1.165, 1.54) is 0 Å². The quantitative estimate of drug-likeness (QED) is 0.850. The van der Waals surface area contributed by atoms with Gasteiger partial charge in [-0.25, -0.2) is 0 Å². The number of halogens is 2. The summed E-state index contributed by atoms with van der Waals surface area (Å²) < 4.78 is 0.889. The highest BCUT2D eigenvalue weighted by Gasteiger charge is 2.39. The summed E-state index contributed by atoms with van der Waals surface area (Å²) in [6, 6.07) is 5.44. The second kappa shape index (κ2) is 6.46. The van der Waals surface area contributed by atoms with E-state index < -0.39 is 5.41 Å². The Morgan fingerprint density at radius 2 is 2.15 bits per heavy atom. The van der Waals surface area contributed by atoms with Gasteiger partial charge in [-0.1, -0.05) is 34.5 Å². The highest BCUT2D eigenvalue weighted by molar-refractivity contribution is 9.10. The lowest BCUT2D eigenvalue weighted by molar-refractivity contribution is -0.127. The van der Waals surface area contributed by atoms with Crippen molar-refractivity contribution in [3.8, 4) is 0 Å². The molecule has 20 heavy (non-hydrogen) atoms. The third kappa shape index (κ3) is 3.35. The average Bonchev–Trinajstić information content (AvgIpc) is 2.43. The average molecular weight is 360 g/mol. The lowest BCUT2D eigenvalue weighted by atomic mass is 9.70. The van der Waals surface area contributed by atoms with Gasteiger partial charge in [0.1, 0.15) is 0 Å². The highest BCUT2D eigenvalue weighted by Crippen LogP contribution is 2.39. The number of hydrogen-bond acceptors (Lipinski definition) is 2. The van der Waals surface area contributed by atoms with Crippen molar-refractivity contribution in [3.05, 3.63) is 27.7 Å². The molecule has 110 valence electrons. The molecule has 3 nitrogen and oxygen atoms in total. The van der Waals surface area contributed by atoms with E-state index in [1.807, 2.05) is 6.07 Å². The largest absolute Gasteiger partial charge is 0.329 e. The lowest BCUT2D eigenvalue weighted by Crippen LogP contribution is -2.44. The van der Waals surface area contributed by atoms with Crippen LogP contribution in [0.15, 0.2) is 22.7 Å². The van der Waals surface area contributed by atoms with Crippen LogP contribution in [0.4, 0.5) is 5.69 Å². The number of nitrogens with one attached hydrogen (secondary N) is 1. The predicted molar refractivity (Wildman–Crippen MR) is 86.9 cm³/mol. The molecule has 0 unspecified atom stereocenters. The van der Waals surface area contributed by atoms with Crippen molar-refractivity contribution >= 4 is 39.1 Å². The maximum atomic E-state index is 12.6. The van der Waals surface area contributed by atoms with Gasteiger partial charge < -0.3 is 11.1 Å².